The molecule has 0 bridgehead atoms. The molecule has 5 heteroatoms. The van der Waals surface area contributed by atoms with E-state index in [0.29, 0.717) is 11.1 Å². The van der Waals surface area contributed by atoms with Crippen LogP contribution in [0.4, 0.5) is 0 Å². The Morgan fingerprint density at radius 1 is 1.44 bits per heavy atom. The third-order valence-corrected chi connectivity index (χ3v) is 3.17. The summed E-state index contributed by atoms with van der Waals surface area (Å²) in [6.45, 7) is 1.06. The summed E-state index contributed by atoms with van der Waals surface area (Å²) < 4.78 is 1.78. The van der Waals surface area contributed by atoms with Crippen LogP contribution in [-0.4, -0.2) is 21.1 Å². The van der Waals surface area contributed by atoms with Gasteiger partial charge in [0.05, 0.1) is 6.04 Å². The Balaban J connectivity index is 1.97. The highest BCUT2D eigenvalue weighted by Crippen LogP contribution is 2.21. The van der Waals surface area contributed by atoms with Gasteiger partial charge in [-0.2, -0.15) is 0 Å². The van der Waals surface area contributed by atoms with E-state index in [4.69, 9.17) is 11.6 Å². The topological polar surface area (TPSA) is 42.2 Å². The minimum absolute atomic E-state index is 0.299. The summed E-state index contributed by atoms with van der Waals surface area (Å²) in [5.74, 6) is 0.877. The maximum absolute atomic E-state index is 5.92. The van der Waals surface area contributed by atoms with Gasteiger partial charge in [-0.25, -0.2) is 9.50 Å². The van der Waals surface area contributed by atoms with E-state index in [1.165, 1.54) is 12.8 Å². The third kappa shape index (κ3) is 1.79. The minimum atomic E-state index is 0.299. The van der Waals surface area contributed by atoms with Crippen LogP contribution in [0.25, 0.3) is 5.65 Å². The fourth-order valence-corrected chi connectivity index (χ4v) is 2.25. The molecule has 16 heavy (non-hydrogen) atoms. The van der Waals surface area contributed by atoms with Crippen molar-refractivity contribution in [1.82, 2.24) is 19.9 Å². The molecule has 1 N–H and O–H groups in total. The van der Waals surface area contributed by atoms with Gasteiger partial charge in [0.15, 0.2) is 11.5 Å². The van der Waals surface area contributed by atoms with Crippen molar-refractivity contribution in [3.63, 3.8) is 0 Å². The van der Waals surface area contributed by atoms with Crippen molar-refractivity contribution in [2.45, 2.75) is 25.3 Å². The van der Waals surface area contributed by atoms with Gasteiger partial charge in [-0.05, 0) is 25.5 Å². The SMILES string of the molecule is Clc1ccn2nc(C3CCCCN3)nc2c1. The summed E-state index contributed by atoms with van der Waals surface area (Å²) >= 11 is 5.92. The molecule has 1 saturated heterocycles. The van der Waals surface area contributed by atoms with E-state index in [-0.39, 0.29) is 0 Å². The number of piperidine rings is 1. The van der Waals surface area contributed by atoms with Crippen molar-refractivity contribution in [2.24, 2.45) is 0 Å². The van der Waals surface area contributed by atoms with E-state index in [2.05, 4.69) is 15.4 Å². The lowest BCUT2D eigenvalue weighted by molar-refractivity contribution is 0.397. The van der Waals surface area contributed by atoms with Crippen LogP contribution in [0.15, 0.2) is 18.3 Å². The van der Waals surface area contributed by atoms with Gasteiger partial charge in [-0.15, -0.1) is 5.10 Å². The molecule has 0 aliphatic carbocycles. The van der Waals surface area contributed by atoms with Crippen LogP contribution in [0.2, 0.25) is 5.02 Å². The zero-order valence-corrected chi connectivity index (χ0v) is 9.61. The van der Waals surface area contributed by atoms with Gasteiger partial charge < -0.3 is 5.32 Å². The monoisotopic (exact) mass is 236 g/mol. The van der Waals surface area contributed by atoms with Crippen molar-refractivity contribution >= 4 is 17.2 Å². The molecule has 3 heterocycles. The Morgan fingerprint density at radius 2 is 2.38 bits per heavy atom. The van der Waals surface area contributed by atoms with Crippen molar-refractivity contribution in [1.29, 1.82) is 0 Å². The second-order valence-corrected chi connectivity index (χ2v) is 4.56. The Morgan fingerprint density at radius 3 is 3.19 bits per heavy atom. The first kappa shape index (κ1) is 10.1. The molecule has 84 valence electrons. The molecule has 2 aromatic rings. The van der Waals surface area contributed by atoms with Gasteiger partial charge in [0, 0.05) is 17.3 Å². The molecule has 0 aromatic carbocycles. The molecule has 0 saturated carbocycles. The Hall–Kier alpha value is -1.13. The highest BCUT2D eigenvalue weighted by atomic mass is 35.5. The summed E-state index contributed by atoms with van der Waals surface area (Å²) in [7, 11) is 0. The largest absolute Gasteiger partial charge is 0.307 e. The van der Waals surface area contributed by atoms with Crippen molar-refractivity contribution < 1.29 is 0 Å². The van der Waals surface area contributed by atoms with Gasteiger partial charge in [-0.3, -0.25) is 0 Å². The van der Waals surface area contributed by atoms with Crippen LogP contribution in [-0.2, 0) is 0 Å². The van der Waals surface area contributed by atoms with Crippen LogP contribution >= 0.6 is 11.6 Å². The average Bonchev–Trinajstić information content (AvgIpc) is 2.73. The van der Waals surface area contributed by atoms with Crippen molar-refractivity contribution in [2.75, 3.05) is 6.54 Å². The van der Waals surface area contributed by atoms with Crippen molar-refractivity contribution in [3.8, 4) is 0 Å². The lowest BCUT2D eigenvalue weighted by atomic mass is 10.0. The predicted molar refractivity (Wildman–Crippen MR) is 62.6 cm³/mol. The summed E-state index contributed by atoms with van der Waals surface area (Å²) in [4.78, 5) is 4.50. The van der Waals surface area contributed by atoms with E-state index in [1.807, 2.05) is 18.3 Å². The second kappa shape index (κ2) is 4.03. The number of fused-ring (bicyclic) bond motifs is 1. The van der Waals surface area contributed by atoms with E-state index in [0.717, 1.165) is 24.4 Å². The number of rotatable bonds is 1. The molecule has 0 radical (unpaired) electrons. The molecule has 0 spiro atoms. The first-order chi connectivity index (χ1) is 7.83. The van der Waals surface area contributed by atoms with Crippen molar-refractivity contribution in [3.05, 3.63) is 29.2 Å². The first-order valence-electron chi connectivity index (χ1n) is 5.58. The third-order valence-electron chi connectivity index (χ3n) is 2.94. The Bertz CT molecular complexity index is 502. The first-order valence-corrected chi connectivity index (χ1v) is 5.96. The fraction of sp³-hybridized carbons (Fsp3) is 0.455. The molecule has 1 aliphatic rings. The molecular weight excluding hydrogens is 224 g/mol. The molecule has 1 atom stereocenters. The number of halogens is 1. The molecule has 1 aliphatic heterocycles. The number of nitrogens with zero attached hydrogens (tertiary/aromatic N) is 3. The molecule has 0 amide bonds. The second-order valence-electron chi connectivity index (χ2n) is 4.12. The highest BCUT2D eigenvalue weighted by Gasteiger charge is 2.19. The van der Waals surface area contributed by atoms with E-state index >= 15 is 0 Å². The van der Waals surface area contributed by atoms with E-state index in [9.17, 15) is 0 Å². The van der Waals surface area contributed by atoms with Gasteiger partial charge in [0.25, 0.3) is 0 Å². The summed E-state index contributed by atoms with van der Waals surface area (Å²) in [6.07, 6.45) is 5.45. The number of aromatic nitrogens is 3. The average molecular weight is 237 g/mol. The van der Waals surface area contributed by atoms with Gasteiger partial charge in [-0.1, -0.05) is 18.0 Å². The fourth-order valence-electron chi connectivity index (χ4n) is 2.09. The molecule has 1 fully saturated rings. The predicted octanol–water partition coefficient (Wildman–Crippen LogP) is 2.20. The standard InChI is InChI=1S/C11H13ClN4/c12-8-4-6-16-10(7-8)14-11(15-16)9-3-1-2-5-13-9/h4,6-7,9,13H,1-3,5H2. The molecule has 4 nitrogen and oxygen atoms in total. The van der Waals surface area contributed by atoms with Gasteiger partial charge >= 0.3 is 0 Å². The van der Waals surface area contributed by atoms with Crippen LogP contribution in [0, 0.1) is 0 Å². The van der Waals surface area contributed by atoms with Crippen LogP contribution in [0.1, 0.15) is 31.1 Å². The smallest absolute Gasteiger partial charge is 0.168 e. The maximum atomic E-state index is 5.92. The van der Waals surface area contributed by atoms with Gasteiger partial charge in [0.2, 0.25) is 0 Å². The normalized spacial score (nSPS) is 21.4. The lowest BCUT2D eigenvalue weighted by Crippen LogP contribution is -2.27. The minimum Gasteiger partial charge on any atom is -0.307 e. The molecule has 1 unspecified atom stereocenters. The van der Waals surface area contributed by atoms with E-state index < -0.39 is 0 Å². The van der Waals surface area contributed by atoms with Gasteiger partial charge in [0.1, 0.15) is 0 Å². The number of pyridine rings is 1. The molecule has 3 rings (SSSR count). The molecule has 2 aromatic heterocycles. The number of hydrogen-bond acceptors (Lipinski definition) is 3. The van der Waals surface area contributed by atoms with E-state index in [1.54, 1.807) is 4.52 Å². The molecular formula is C11H13ClN4. The summed E-state index contributed by atoms with van der Waals surface area (Å²) in [6, 6.07) is 3.95. The number of hydrogen-bond donors (Lipinski definition) is 1. The van der Waals surface area contributed by atoms with Crippen LogP contribution in [0.5, 0.6) is 0 Å². The Labute approximate surface area is 98.6 Å². The highest BCUT2D eigenvalue weighted by molar-refractivity contribution is 6.30. The Kier molecular flexibility index (Phi) is 2.53. The zero-order chi connectivity index (χ0) is 11.0. The number of nitrogens with one attached hydrogen (secondary N) is 1. The maximum Gasteiger partial charge on any atom is 0.168 e. The quantitative estimate of drug-likeness (QED) is 0.826. The lowest BCUT2D eigenvalue weighted by Gasteiger charge is -2.20. The summed E-state index contributed by atoms with van der Waals surface area (Å²) in [5, 5.41) is 8.60. The van der Waals surface area contributed by atoms with Crippen LogP contribution in [0.3, 0.4) is 0 Å². The summed E-state index contributed by atoms with van der Waals surface area (Å²) in [5.41, 5.74) is 0.815. The zero-order valence-electron chi connectivity index (χ0n) is 8.86. The van der Waals surface area contributed by atoms with Crippen LogP contribution < -0.4 is 5.32 Å².